The predicted molar refractivity (Wildman–Crippen MR) is 130 cm³/mol. The number of hydrogen-bond acceptors (Lipinski definition) is 8. The number of fused-ring (bicyclic) bond motifs is 1. The van der Waals surface area contributed by atoms with Gasteiger partial charge in [-0.25, -0.2) is 15.0 Å². The van der Waals surface area contributed by atoms with Gasteiger partial charge in [-0.15, -0.1) is 11.8 Å². The quantitative estimate of drug-likeness (QED) is 0.320. The van der Waals surface area contributed by atoms with Crippen molar-refractivity contribution in [3.63, 3.8) is 0 Å². The van der Waals surface area contributed by atoms with Crippen molar-refractivity contribution in [1.82, 2.24) is 24.8 Å². The molecule has 2 fully saturated rings. The molecule has 4 N–H and O–H groups in total. The van der Waals surface area contributed by atoms with Crippen molar-refractivity contribution in [1.29, 1.82) is 0 Å². The van der Waals surface area contributed by atoms with Crippen LogP contribution in [0, 0.1) is 9.49 Å². The van der Waals surface area contributed by atoms with Gasteiger partial charge in [0.05, 0.1) is 6.33 Å². The van der Waals surface area contributed by atoms with Crippen LogP contribution in [0.2, 0.25) is 0 Å². The Bertz CT molecular complexity index is 1140. The Morgan fingerprint density at radius 2 is 2.06 bits per heavy atom. The van der Waals surface area contributed by atoms with Crippen molar-refractivity contribution in [3.05, 3.63) is 46.1 Å². The second kappa shape index (κ2) is 9.12. The van der Waals surface area contributed by atoms with E-state index in [2.05, 4.69) is 54.2 Å². The van der Waals surface area contributed by atoms with Crippen LogP contribution in [0.1, 0.15) is 23.8 Å². The predicted octanol–water partition coefficient (Wildman–Crippen LogP) is 1.90. The third-order valence-electron chi connectivity index (χ3n) is 5.74. The van der Waals surface area contributed by atoms with Crippen molar-refractivity contribution in [2.45, 2.75) is 42.2 Å². The Hall–Kier alpha value is -1.96. The van der Waals surface area contributed by atoms with Crippen LogP contribution in [0.3, 0.4) is 0 Å². The minimum Gasteiger partial charge on any atom is -0.389 e. The van der Waals surface area contributed by atoms with E-state index < -0.39 is 22.8 Å². The minimum atomic E-state index is -1.17. The molecule has 1 aliphatic carbocycles. The van der Waals surface area contributed by atoms with Gasteiger partial charge in [0, 0.05) is 16.7 Å². The van der Waals surface area contributed by atoms with Gasteiger partial charge in [-0.1, -0.05) is 12.1 Å². The van der Waals surface area contributed by atoms with E-state index in [1.807, 2.05) is 18.2 Å². The van der Waals surface area contributed by atoms with Crippen LogP contribution in [-0.2, 0) is 11.3 Å². The molecule has 3 aromatic rings. The topological polar surface area (TPSA) is 125 Å². The summed E-state index contributed by atoms with van der Waals surface area (Å²) in [7, 11) is 0. The van der Waals surface area contributed by atoms with Crippen LogP contribution >= 0.6 is 34.4 Å². The second-order valence-corrected chi connectivity index (χ2v) is 10.7. The lowest BCUT2D eigenvalue weighted by Crippen LogP contribution is -2.41. The zero-order valence-electron chi connectivity index (χ0n) is 17.1. The minimum absolute atomic E-state index is 0.241. The van der Waals surface area contributed by atoms with Gasteiger partial charge in [0.2, 0.25) is 5.91 Å². The smallest absolute Gasteiger partial charge is 0.235 e. The van der Waals surface area contributed by atoms with E-state index in [1.165, 1.54) is 18.1 Å². The lowest BCUT2D eigenvalue weighted by Gasteiger charge is -2.17. The van der Waals surface area contributed by atoms with Crippen LogP contribution in [0.4, 0.5) is 5.82 Å². The van der Waals surface area contributed by atoms with Crippen molar-refractivity contribution >= 4 is 57.2 Å². The van der Waals surface area contributed by atoms with Gasteiger partial charge in [-0.05, 0) is 59.0 Å². The van der Waals surface area contributed by atoms with Crippen LogP contribution < -0.4 is 10.6 Å². The third kappa shape index (κ3) is 4.43. The van der Waals surface area contributed by atoms with Crippen LogP contribution in [0.5, 0.6) is 0 Å². The molecular formula is C21H23IN6O3S. The molecule has 0 spiro atoms. The van der Waals surface area contributed by atoms with Crippen molar-refractivity contribution in [2.75, 3.05) is 11.9 Å². The summed E-state index contributed by atoms with van der Waals surface area (Å²) in [6, 6.07) is 8.16. The Balaban J connectivity index is 1.34. The first-order chi connectivity index (χ1) is 15.5. The standard InChI is InChI=1S/C21H23IN6O3S/c22-13-3-1-2-12(6-13)8-23-18-14-19(26-9-25-18)28(10-27-14)21-16(30)15(29)17(32-21)20(31)24-7-11-4-5-11/h1-3,6,9-11,15-17,21,29-30H,4-5,7-8H2,(H,24,31)(H,23,25,26)/t15-,16+,17-,21+/m0/s1. The van der Waals surface area contributed by atoms with Gasteiger partial charge >= 0.3 is 0 Å². The number of thioether (sulfide) groups is 1. The highest BCUT2D eigenvalue weighted by molar-refractivity contribution is 14.1. The summed E-state index contributed by atoms with van der Waals surface area (Å²) < 4.78 is 2.86. The number of aliphatic hydroxyl groups excluding tert-OH is 2. The molecule has 0 unspecified atom stereocenters. The normalized spacial score (nSPS) is 25.2. The van der Waals surface area contributed by atoms with E-state index in [-0.39, 0.29) is 5.91 Å². The summed E-state index contributed by atoms with van der Waals surface area (Å²) in [5.74, 6) is 0.891. The number of hydrogen-bond donors (Lipinski definition) is 4. The number of nitrogens with zero attached hydrogens (tertiary/aromatic N) is 4. The average molecular weight is 566 g/mol. The lowest BCUT2D eigenvalue weighted by atomic mass is 10.1. The maximum atomic E-state index is 12.5. The molecule has 1 aromatic carbocycles. The molecule has 4 atom stereocenters. The molecule has 0 bridgehead atoms. The summed E-state index contributed by atoms with van der Waals surface area (Å²) in [5, 5.41) is 26.1. The molecular weight excluding hydrogens is 543 g/mol. The molecule has 5 rings (SSSR count). The molecule has 0 radical (unpaired) electrons. The first kappa shape index (κ1) is 21.9. The molecule has 3 heterocycles. The number of anilines is 1. The Morgan fingerprint density at radius 1 is 1.22 bits per heavy atom. The van der Waals surface area contributed by atoms with E-state index in [1.54, 1.807) is 10.9 Å². The zero-order valence-corrected chi connectivity index (χ0v) is 20.0. The summed E-state index contributed by atoms with van der Waals surface area (Å²) in [6.45, 7) is 1.21. The fourth-order valence-electron chi connectivity index (χ4n) is 3.77. The number of aliphatic hydroxyl groups is 2. The number of rotatable bonds is 7. The molecule has 9 nitrogen and oxygen atoms in total. The molecule has 32 heavy (non-hydrogen) atoms. The summed E-state index contributed by atoms with van der Waals surface area (Å²) >= 11 is 3.50. The summed E-state index contributed by atoms with van der Waals surface area (Å²) in [5.41, 5.74) is 2.23. The van der Waals surface area contributed by atoms with E-state index in [0.29, 0.717) is 36.0 Å². The monoisotopic (exact) mass is 566 g/mol. The molecule has 11 heteroatoms. The van der Waals surface area contributed by atoms with Crippen LogP contribution in [0.15, 0.2) is 36.9 Å². The number of amides is 1. The first-order valence-corrected chi connectivity index (χ1v) is 12.5. The highest BCUT2D eigenvalue weighted by atomic mass is 127. The van der Waals surface area contributed by atoms with E-state index in [4.69, 9.17) is 0 Å². The number of carbonyl (C=O) groups excluding carboxylic acids is 1. The van der Waals surface area contributed by atoms with Gasteiger partial charge in [0.1, 0.15) is 34.7 Å². The Morgan fingerprint density at radius 3 is 2.84 bits per heavy atom. The van der Waals surface area contributed by atoms with Gasteiger partial charge in [-0.3, -0.25) is 9.36 Å². The molecule has 1 saturated heterocycles. The van der Waals surface area contributed by atoms with Gasteiger partial charge in [0.15, 0.2) is 11.5 Å². The number of benzene rings is 1. The molecule has 168 valence electrons. The van der Waals surface area contributed by atoms with E-state index >= 15 is 0 Å². The molecule has 1 amide bonds. The highest BCUT2D eigenvalue weighted by Crippen LogP contribution is 2.43. The second-order valence-electron chi connectivity index (χ2n) is 8.15. The Kier molecular flexibility index (Phi) is 6.23. The lowest BCUT2D eigenvalue weighted by molar-refractivity contribution is -0.123. The van der Waals surface area contributed by atoms with E-state index in [0.717, 1.165) is 22.0 Å². The van der Waals surface area contributed by atoms with Crippen molar-refractivity contribution in [2.24, 2.45) is 5.92 Å². The summed E-state index contributed by atoms with van der Waals surface area (Å²) in [4.78, 5) is 25.7. The number of halogens is 1. The zero-order chi connectivity index (χ0) is 22.2. The fourth-order valence-corrected chi connectivity index (χ4v) is 5.82. The van der Waals surface area contributed by atoms with E-state index in [9.17, 15) is 15.0 Å². The first-order valence-electron chi connectivity index (χ1n) is 10.5. The fraction of sp³-hybridized carbons (Fsp3) is 0.429. The van der Waals surface area contributed by atoms with Crippen LogP contribution in [-0.4, -0.2) is 59.6 Å². The largest absolute Gasteiger partial charge is 0.389 e. The summed E-state index contributed by atoms with van der Waals surface area (Å²) in [6.07, 6.45) is 3.00. The SMILES string of the molecule is O=C(NCC1CC1)[C@H]1S[C@@H](n2cnc3c(NCc4cccc(I)c4)ncnc32)[C@H](O)[C@@H]1O. The van der Waals surface area contributed by atoms with Crippen molar-refractivity contribution in [3.8, 4) is 0 Å². The maximum Gasteiger partial charge on any atom is 0.235 e. The molecule has 1 saturated carbocycles. The number of carbonyl (C=O) groups is 1. The average Bonchev–Trinajstić information content (AvgIpc) is 3.45. The third-order valence-corrected chi connectivity index (χ3v) is 7.98. The van der Waals surface area contributed by atoms with Gasteiger partial charge in [0.25, 0.3) is 0 Å². The maximum absolute atomic E-state index is 12.5. The number of imidazole rings is 1. The molecule has 2 aromatic heterocycles. The molecule has 2 aliphatic rings. The van der Waals surface area contributed by atoms with Crippen LogP contribution in [0.25, 0.3) is 11.2 Å². The number of aromatic nitrogens is 4. The molecule has 1 aliphatic heterocycles. The van der Waals surface area contributed by atoms with Crippen molar-refractivity contribution < 1.29 is 15.0 Å². The van der Waals surface area contributed by atoms with Gasteiger partial charge in [-0.2, -0.15) is 0 Å². The van der Waals surface area contributed by atoms with Gasteiger partial charge < -0.3 is 20.8 Å². The number of nitrogens with one attached hydrogen (secondary N) is 2. The Labute approximate surface area is 202 Å². The highest BCUT2D eigenvalue weighted by Gasteiger charge is 2.47.